The van der Waals surface area contributed by atoms with Crippen LogP contribution in [0.1, 0.15) is 79.0 Å². The van der Waals surface area contributed by atoms with Gasteiger partial charge in [0.2, 0.25) is 0 Å². The van der Waals surface area contributed by atoms with Crippen molar-refractivity contribution in [2.75, 3.05) is 11.1 Å². The third-order valence-corrected chi connectivity index (χ3v) is 11.9. The molecule has 2 bridgehead atoms. The Labute approximate surface area is 266 Å². The van der Waals surface area contributed by atoms with Gasteiger partial charge in [-0.1, -0.05) is 46.6 Å². The largest absolute Gasteiger partial charge is 0.373 e. The van der Waals surface area contributed by atoms with Gasteiger partial charge >= 0.3 is 6.03 Å². The van der Waals surface area contributed by atoms with E-state index in [-0.39, 0.29) is 29.8 Å². The molecular weight excluding hydrogens is 625 g/mol. The summed E-state index contributed by atoms with van der Waals surface area (Å²) in [5, 5.41) is 7.91. The summed E-state index contributed by atoms with van der Waals surface area (Å²) in [6.45, 7) is 0.319. The molecule has 2 aliphatic heterocycles. The predicted octanol–water partition coefficient (Wildman–Crippen LogP) is 7.03. The number of hydrogen-bond donors (Lipinski definition) is 1. The Morgan fingerprint density at radius 1 is 0.977 bits per heavy atom. The highest BCUT2D eigenvalue weighted by Gasteiger charge is 2.44. The molecule has 4 aliphatic rings. The smallest absolute Gasteiger partial charge is 0.322 e. The van der Waals surface area contributed by atoms with Gasteiger partial charge in [-0.2, -0.15) is 0 Å². The van der Waals surface area contributed by atoms with Crippen molar-refractivity contribution in [3.63, 3.8) is 0 Å². The second kappa shape index (κ2) is 11.8. The summed E-state index contributed by atoms with van der Waals surface area (Å²) in [5.74, 6) is 0.205. The number of halogens is 2. The lowest BCUT2D eigenvalue weighted by atomic mass is 9.99. The van der Waals surface area contributed by atoms with Gasteiger partial charge in [-0.3, -0.25) is 4.79 Å². The van der Waals surface area contributed by atoms with Crippen molar-refractivity contribution in [2.24, 2.45) is 0 Å². The normalized spacial score (nSPS) is 23.1. The predicted molar refractivity (Wildman–Crippen MR) is 167 cm³/mol. The Kier molecular flexibility index (Phi) is 7.97. The zero-order valence-electron chi connectivity index (χ0n) is 24.0. The van der Waals surface area contributed by atoms with E-state index in [1.54, 1.807) is 42.5 Å². The first-order valence-corrected chi connectivity index (χ1v) is 17.6. The van der Waals surface area contributed by atoms with Crippen LogP contribution in [0.4, 0.5) is 10.5 Å². The topological polar surface area (TPSA) is 119 Å². The summed E-state index contributed by atoms with van der Waals surface area (Å²) in [7, 11) is -3.42. The van der Waals surface area contributed by atoms with Crippen LogP contribution in [0.15, 0.2) is 47.0 Å². The first-order valence-electron chi connectivity index (χ1n) is 15.2. The van der Waals surface area contributed by atoms with Gasteiger partial charge in [0.1, 0.15) is 17.2 Å². The molecule has 9 nitrogen and oxygen atoms in total. The lowest BCUT2D eigenvalue weighted by molar-refractivity contribution is -0.0158. The number of ketones is 1. The molecule has 1 aromatic heterocycles. The summed E-state index contributed by atoms with van der Waals surface area (Å²) in [5.41, 5.74) is 2.89. The highest BCUT2D eigenvalue weighted by atomic mass is 35.5. The van der Waals surface area contributed by atoms with Crippen LogP contribution in [0.25, 0.3) is 11.3 Å². The maximum atomic E-state index is 13.4. The molecule has 2 atom stereocenters. The van der Waals surface area contributed by atoms with Crippen molar-refractivity contribution in [2.45, 2.75) is 87.3 Å². The second-order valence-corrected chi connectivity index (χ2v) is 15.5. The number of piperidine rings is 1. The number of fused-ring (bicyclic) bond motifs is 2. The number of anilines is 1. The minimum Gasteiger partial charge on any atom is -0.373 e. The van der Waals surface area contributed by atoms with E-state index in [0.29, 0.717) is 65.2 Å². The van der Waals surface area contributed by atoms with Gasteiger partial charge in [0.05, 0.1) is 28.0 Å². The van der Waals surface area contributed by atoms with E-state index >= 15 is 0 Å². The fourth-order valence-corrected chi connectivity index (χ4v) is 8.81. The molecule has 12 heteroatoms. The lowest BCUT2D eigenvalue weighted by Gasteiger charge is -2.38. The first kappa shape index (κ1) is 29.8. The number of benzene rings is 2. The Morgan fingerprint density at radius 2 is 1.66 bits per heavy atom. The monoisotopic (exact) mass is 657 g/mol. The van der Waals surface area contributed by atoms with E-state index in [2.05, 4.69) is 10.5 Å². The molecule has 1 N–H and O–H groups in total. The average molecular weight is 659 g/mol. The van der Waals surface area contributed by atoms with Crippen LogP contribution in [0.3, 0.4) is 0 Å². The number of carbonyl (C=O) groups is 2. The molecule has 4 fully saturated rings. The van der Waals surface area contributed by atoms with E-state index in [9.17, 15) is 18.0 Å². The van der Waals surface area contributed by atoms with Gasteiger partial charge in [0.25, 0.3) is 0 Å². The Bertz CT molecular complexity index is 1680. The van der Waals surface area contributed by atoms with Crippen molar-refractivity contribution >= 4 is 50.5 Å². The van der Waals surface area contributed by atoms with Gasteiger partial charge in [0.15, 0.2) is 15.6 Å². The van der Waals surface area contributed by atoms with Crippen LogP contribution in [0.2, 0.25) is 10.0 Å². The summed E-state index contributed by atoms with van der Waals surface area (Å²) in [4.78, 5) is 28.0. The summed E-state index contributed by atoms with van der Waals surface area (Å²) < 4.78 is 36.9. The molecule has 44 heavy (non-hydrogen) atoms. The fraction of sp³-hybridized carbons (Fsp3) is 0.469. The number of nitrogens with one attached hydrogen (secondary N) is 1. The summed E-state index contributed by atoms with van der Waals surface area (Å²) >= 11 is 13.0. The molecule has 7 rings (SSSR count). The number of hydrogen-bond acceptors (Lipinski definition) is 7. The number of nitrogens with zero attached hydrogens (tertiary/aromatic N) is 2. The van der Waals surface area contributed by atoms with Crippen LogP contribution >= 0.6 is 23.2 Å². The van der Waals surface area contributed by atoms with E-state index in [4.69, 9.17) is 32.5 Å². The minimum atomic E-state index is -3.42. The van der Waals surface area contributed by atoms with Crippen molar-refractivity contribution in [1.29, 1.82) is 0 Å². The van der Waals surface area contributed by atoms with Gasteiger partial charge < -0.3 is 19.5 Å². The second-order valence-electron chi connectivity index (χ2n) is 12.4. The van der Waals surface area contributed by atoms with Crippen LogP contribution in [-0.2, 0) is 21.2 Å². The minimum absolute atomic E-state index is 0.0232. The summed E-state index contributed by atoms with van der Waals surface area (Å²) in [6.07, 6.45) is 6.47. The third-order valence-electron chi connectivity index (χ3n) is 9.15. The number of urea groups is 1. The molecular formula is C32H33Cl2N3O6S. The molecule has 3 heterocycles. The lowest BCUT2D eigenvalue weighted by Crippen LogP contribution is -2.50. The van der Waals surface area contributed by atoms with Crippen molar-refractivity contribution < 1.29 is 27.3 Å². The number of ether oxygens (including phenoxy) is 1. The van der Waals surface area contributed by atoms with Gasteiger partial charge in [-0.05, 0) is 75.6 Å². The van der Waals surface area contributed by atoms with Crippen LogP contribution < -0.4 is 5.32 Å². The first-order chi connectivity index (χ1) is 21.2. The Morgan fingerprint density at radius 3 is 2.32 bits per heavy atom. The molecule has 232 valence electrons. The summed E-state index contributed by atoms with van der Waals surface area (Å²) in [6, 6.07) is 11.7. The number of carbonyl (C=O) groups excluding carboxylic acids is 2. The van der Waals surface area contributed by atoms with Gasteiger partial charge in [-0.25, -0.2) is 13.2 Å². The van der Waals surface area contributed by atoms with Crippen molar-refractivity contribution in [1.82, 2.24) is 10.1 Å². The number of rotatable bonds is 10. The number of sulfone groups is 1. The van der Waals surface area contributed by atoms with E-state index in [0.717, 1.165) is 37.0 Å². The molecule has 2 unspecified atom stereocenters. The molecule has 2 aromatic carbocycles. The highest BCUT2D eigenvalue weighted by Crippen LogP contribution is 2.46. The number of Topliss-reactive ketones (excluding diaryl/α,β-unsaturated/α-hetero) is 1. The molecule has 2 amide bonds. The van der Waals surface area contributed by atoms with Gasteiger partial charge in [-0.15, -0.1) is 0 Å². The molecule has 0 spiro atoms. The number of amides is 2. The van der Waals surface area contributed by atoms with Crippen LogP contribution in [0, 0.1) is 0 Å². The maximum Gasteiger partial charge on any atom is 0.322 e. The SMILES string of the molecule is O=C(CS(=O)(=O)C1CC1)c1cccc(NC(=O)N2C3CCC2CC(OCc2c(-c4c(Cl)cccc4Cl)noc2C2CC2)C3)c1. The quantitative estimate of drug-likeness (QED) is 0.232. The third kappa shape index (κ3) is 6.01. The molecule has 0 radical (unpaired) electrons. The zero-order chi connectivity index (χ0) is 30.6. The van der Waals surface area contributed by atoms with Gasteiger partial charge in [0, 0.05) is 40.4 Å². The average Bonchev–Trinajstić information content (AvgIpc) is 3.92. The zero-order valence-corrected chi connectivity index (χ0v) is 26.3. The van der Waals surface area contributed by atoms with E-state index < -0.39 is 26.6 Å². The Balaban J connectivity index is 1.00. The molecule has 2 aliphatic carbocycles. The van der Waals surface area contributed by atoms with Crippen LogP contribution in [-0.4, -0.2) is 59.5 Å². The molecule has 2 saturated heterocycles. The Hall–Kier alpha value is -2.92. The highest BCUT2D eigenvalue weighted by molar-refractivity contribution is 7.93. The number of aromatic nitrogens is 1. The van der Waals surface area contributed by atoms with E-state index in [1.807, 2.05) is 4.90 Å². The molecule has 3 aromatic rings. The fourth-order valence-electron chi connectivity index (χ4n) is 6.61. The van der Waals surface area contributed by atoms with E-state index in [1.165, 1.54) is 0 Å². The molecule has 2 saturated carbocycles. The standard InChI is InChI=1S/C32H33Cl2N3O6S/c33-26-5-2-6-27(34)29(26)30-25(31(43-36-30)18-7-8-18)16-42-23-14-21-9-10-22(15-23)37(21)32(39)35-20-4-1-3-19(13-20)28(38)17-44(40,41)24-11-12-24/h1-6,13,18,21-24H,7-12,14-17H2,(H,35,39). The van der Waals surface area contributed by atoms with Crippen molar-refractivity contribution in [3.8, 4) is 11.3 Å². The van der Waals surface area contributed by atoms with Crippen LogP contribution in [0.5, 0.6) is 0 Å². The maximum absolute atomic E-state index is 13.4. The van der Waals surface area contributed by atoms with Crippen molar-refractivity contribution in [3.05, 3.63) is 69.4 Å².